The lowest BCUT2D eigenvalue weighted by Crippen LogP contribution is -2.24. The van der Waals surface area contributed by atoms with Gasteiger partial charge in [0.15, 0.2) is 0 Å². The van der Waals surface area contributed by atoms with Gasteiger partial charge < -0.3 is 5.32 Å². The molecular formula is C22H16ClFN4O2S. The normalized spacial score (nSPS) is 10.8. The van der Waals surface area contributed by atoms with E-state index in [4.69, 9.17) is 11.6 Å². The number of halogens is 2. The average molecular weight is 455 g/mol. The molecule has 1 N–H and O–H groups in total. The number of hydrogen-bond acceptors (Lipinski definition) is 5. The number of fused-ring (bicyclic) bond motifs is 1. The van der Waals surface area contributed by atoms with Crippen LogP contribution in [-0.4, -0.2) is 21.2 Å². The van der Waals surface area contributed by atoms with Crippen molar-refractivity contribution in [3.05, 3.63) is 77.3 Å². The van der Waals surface area contributed by atoms with Crippen molar-refractivity contribution in [2.24, 2.45) is 0 Å². The molecule has 0 unspecified atom stereocenters. The van der Waals surface area contributed by atoms with Crippen LogP contribution < -0.4 is 10.2 Å². The van der Waals surface area contributed by atoms with Gasteiger partial charge in [0.05, 0.1) is 21.8 Å². The number of amides is 2. The number of hydrogen-bond donors (Lipinski definition) is 1. The molecule has 4 rings (SSSR count). The van der Waals surface area contributed by atoms with Crippen molar-refractivity contribution in [2.75, 3.05) is 10.2 Å². The lowest BCUT2D eigenvalue weighted by Gasteiger charge is -2.21. The van der Waals surface area contributed by atoms with Crippen LogP contribution in [0.15, 0.2) is 60.9 Å². The predicted molar refractivity (Wildman–Crippen MR) is 120 cm³/mol. The monoisotopic (exact) mass is 454 g/mol. The third-order valence-corrected chi connectivity index (χ3v) is 5.74. The molecule has 6 nitrogen and oxygen atoms in total. The van der Waals surface area contributed by atoms with E-state index in [1.54, 1.807) is 24.4 Å². The minimum Gasteiger partial charge on any atom is -0.326 e. The molecule has 0 bridgehead atoms. The van der Waals surface area contributed by atoms with E-state index in [0.717, 1.165) is 10.1 Å². The maximum absolute atomic E-state index is 13.6. The summed E-state index contributed by atoms with van der Waals surface area (Å²) >= 11 is 7.27. The molecule has 0 saturated heterocycles. The van der Waals surface area contributed by atoms with Crippen molar-refractivity contribution in [3.63, 3.8) is 0 Å². The van der Waals surface area contributed by atoms with Gasteiger partial charge in [0.2, 0.25) is 11.8 Å². The zero-order valence-corrected chi connectivity index (χ0v) is 17.9. The number of rotatable bonds is 5. The summed E-state index contributed by atoms with van der Waals surface area (Å²) in [6.07, 6.45) is 3.18. The Balaban J connectivity index is 1.57. The van der Waals surface area contributed by atoms with Gasteiger partial charge in [0.25, 0.3) is 0 Å². The van der Waals surface area contributed by atoms with Crippen molar-refractivity contribution in [3.8, 4) is 0 Å². The third kappa shape index (κ3) is 4.55. The standard InChI is InChI=1S/C22H16ClFN4O2S/c1-13(29)28(17-6-5-15-12-26-31-19(15)11-17)20-10-16(7-8-25-20)27-21(30)9-14-3-2-4-18(24)22(14)23/h2-8,10-12H,9H2,1H3,(H,25,27,30). The molecule has 0 aliphatic heterocycles. The second-order valence-electron chi connectivity index (χ2n) is 6.74. The van der Waals surface area contributed by atoms with Gasteiger partial charge in [0.1, 0.15) is 11.6 Å². The van der Waals surface area contributed by atoms with Crippen LogP contribution in [0.3, 0.4) is 0 Å². The molecule has 0 fully saturated rings. The third-order valence-electron chi connectivity index (χ3n) is 4.55. The molecule has 2 aromatic carbocycles. The quantitative estimate of drug-likeness (QED) is 0.441. The highest BCUT2D eigenvalue weighted by molar-refractivity contribution is 7.13. The van der Waals surface area contributed by atoms with Crippen LogP contribution in [0.25, 0.3) is 10.1 Å². The molecule has 0 atom stereocenters. The minimum absolute atomic E-state index is 0.0747. The van der Waals surface area contributed by atoms with Crippen LogP contribution in [0, 0.1) is 5.82 Å². The summed E-state index contributed by atoms with van der Waals surface area (Å²) in [6, 6.07) is 13.1. The number of pyridine rings is 1. The highest BCUT2D eigenvalue weighted by Gasteiger charge is 2.18. The second-order valence-corrected chi connectivity index (χ2v) is 7.95. The van der Waals surface area contributed by atoms with Gasteiger partial charge in [-0.1, -0.05) is 23.7 Å². The summed E-state index contributed by atoms with van der Waals surface area (Å²) in [6.45, 7) is 1.44. The summed E-state index contributed by atoms with van der Waals surface area (Å²) in [4.78, 5) is 30.6. The first-order chi connectivity index (χ1) is 14.9. The topological polar surface area (TPSA) is 75.2 Å². The zero-order chi connectivity index (χ0) is 22.0. The van der Waals surface area contributed by atoms with Crippen LogP contribution in [-0.2, 0) is 16.0 Å². The average Bonchev–Trinajstić information content (AvgIpc) is 3.19. The van der Waals surface area contributed by atoms with Crippen molar-refractivity contribution in [1.82, 2.24) is 9.36 Å². The first-order valence-electron chi connectivity index (χ1n) is 9.26. The minimum atomic E-state index is -0.576. The van der Waals surface area contributed by atoms with E-state index in [0.29, 0.717) is 22.8 Å². The van der Waals surface area contributed by atoms with Gasteiger partial charge in [-0.2, -0.15) is 4.37 Å². The maximum atomic E-state index is 13.6. The molecule has 0 radical (unpaired) electrons. The first kappa shape index (κ1) is 20.9. The Kier molecular flexibility index (Phi) is 5.92. The second kappa shape index (κ2) is 8.79. The summed E-state index contributed by atoms with van der Waals surface area (Å²) in [5, 5.41) is 3.66. The van der Waals surface area contributed by atoms with Gasteiger partial charge in [-0.25, -0.2) is 9.37 Å². The van der Waals surface area contributed by atoms with Gasteiger partial charge in [-0.05, 0) is 47.4 Å². The van der Waals surface area contributed by atoms with Gasteiger partial charge in [-0.3, -0.25) is 14.5 Å². The smallest absolute Gasteiger partial charge is 0.229 e. The summed E-state index contributed by atoms with van der Waals surface area (Å²) in [5.41, 5.74) is 1.48. The number of aromatic nitrogens is 2. The highest BCUT2D eigenvalue weighted by atomic mass is 35.5. The molecule has 0 saturated carbocycles. The Morgan fingerprint density at radius 1 is 1.19 bits per heavy atom. The number of nitrogens with one attached hydrogen (secondary N) is 1. The van der Waals surface area contributed by atoms with Crippen molar-refractivity contribution in [1.29, 1.82) is 0 Å². The predicted octanol–water partition coefficient (Wildman–Crippen LogP) is 5.35. The molecule has 9 heteroatoms. The van der Waals surface area contributed by atoms with Crippen LogP contribution in [0.5, 0.6) is 0 Å². The fourth-order valence-electron chi connectivity index (χ4n) is 3.14. The Morgan fingerprint density at radius 2 is 2.03 bits per heavy atom. The highest BCUT2D eigenvalue weighted by Crippen LogP contribution is 2.30. The Bertz CT molecular complexity index is 1290. The van der Waals surface area contributed by atoms with Crippen LogP contribution >= 0.6 is 23.1 Å². The summed E-state index contributed by atoms with van der Waals surface area (Å²) in [5.74, 6) is -0.817. The van der Waals surface area contributed by atoms with Gasteiger partial charge >= 0.3 is 0 Å². The molecule has 4 aromatic rings. The molecule has 0 spiro atoms. The first-order valence-corrected chi connectivity index (χ1v) is 10.4. The van der Waals surface area contributed by atoms with Gasteiger partial charge in [0, 0.05) is 36.5 Å². The van der Waals surface area contributed by atoms with Crippen molar-refractivity contribution >= 4 is 62.2 Å². The van der Waals surface area contributed by atoms with Crippen LogP contribution in [0.2, 0.25) is 5.02 Å². The van der Waals surface area contributed by atoms with Crippen molar-refractivity contribution in [2.45, 2.75) is 13.3 Å². The molecule has 2 aromatic heterocycles. The number of benzene rings is 2. The molecule has 0 aliphatic rings. The molecule has 156 valence electrons. The maximum Gasteiger partial charge on any atom is 0.229 e. The number of carbonyl (C=O) groups excluding carboxylic acids is 2. The van der Waals surface area contributed by atoms with E-state index in [9.17, 15) is 14.0 Å². The van der Waals surface area contributed by atoms with E-state index in [1.807, 2.05) is 18.2 Å². The Morgan fingerprint density at radius 3 is 2.84 bits per heavy atom. The van der Waals surface area contributed by atoms with Crippen molar-refractivity contribution < 1.29 is 14.0 Å². The molecule has 0 aliphatic carbocycles. The van der Waals surface area contributed by atoms with E-state index in [1.165, 1.54) is 41.7 Å². The summed E-state index contributed by atoms with van der Waals surface area (Å²) in [7, 11) is 0. The number of anilines is 3. The lowest BCUT2D eigenvalue weighted by atomic mass is 10.1. The van der Waals surface area contributed by atoms with Crippen LogP contribution in [0.1, 0.15) is 12.5 Å². The fraction of sp³-hybridized carbons (Fsp3) is 0.0909. The van der Waals surface area contributed by atoms with E-state index in [2.05, 4.69) is 14.7 Å². The molecule has 31 heavy (non-hydrogen) atoms. The Hall–Kier alpha value is -3.36. The van der Waals surface area contributed by atoms with E-state index < -0.39 is 5.82 Å². The Labute approximate surface area is 186 Å². The zero-order valence-electron chi connectivity index (χ0n) is 16.3. The van der Waals surface area contributed by atoms with Gasteiger partial charge in [-0.15, -0.1) is 0 Å². The molecule has 2 heterocycles. The lowest BCUT2D eigenvalue weighted by molar-refractivity contribution is -0.116. The van der Waals surface area contributed by atoms with Crippen LogP contribution in [0.4, 0.5) is 21.6 Å². The number of nitrogens with zero attached hydrogens (tertiary/aromatic N) is 3. The summed E-state index contributed by atoms with van der Waals surface area (Å²) < 4.78 is 18.7. The SMILES string of the molecule is CC(=O)N(c1ccc2cnsc2c1)c1cc(NC(=O)Cc2cccc(F)c2Cl)ccn1. The molecule has 2 amide bonds. The van der Waals surface area contributed by atoms with E-state index >= 15 is 0 Å². The largest absolute Gasteiger partial charge is 0.326 e. The number of carbonyl (C=O) groups is 2. The fourth-order valence-corrected chi connectivity index (χ4v) is 4.02. The molecular weight excluding hydrogens is 439 g/mol. The van der Waals surface area contributed by atoms with E-state index in [-0.39, 0.29) is 23.3 Å².